The van der Waals surface area contributed by atoms with Crippen molar-refractivity contribution in [2.75, 3.05) is 7.11 Å². The topological polar surface area (TPSA) is 29.5 Å². The number of ether oxygens (including phenoxy) is 1. The number of unbranched alkanes of at least 4 members (excludes halogenated alkanes) is 1. The van der Waals surface area contributed by atoms with Crippen molar-refractivity contribution in [3.05, 3.63) is 29.8 Å². The van der Waals surface area contributed by atoms with Crippen molar-refractivity contribution in [2.45, 2.75) is 59.5 Å². The van der Waals surface area contributed by atoms with Gasteiger partial charge in [0.05, 0.1) is 13.2 Å². The smallest absolute Gasteiger partial charge is 0.119 e. The second kappa shape index (κ2) is 7.68. The van der Waals surface area contributed by atoms with E-state index in [9.17, 15) is 5.11 Å². The Labute approximate surface area is 124 Å². The SMILES string of the molecule is COc1cccc(CCCCC(C)(C)C(O)C(C)C)c1. The third-order valence-corrected chi connectivity index (χ3v) is 4.10. The number of benzene rings is 1. The number of aliphatic hydroxyl groups excluding tert-OH is 1. The molecule has 114 valence electrons. The largest absolute Gasteiger partial charge is 0.497 e. The average Bonchev–Trinajstić information content (AvgIpc) is 2.43. The summed E-state index contributed by atoms with van der Waals surface area (Å²) in [5, 5.41) is 10.2. The molecule has 20 heavy (non-hydrogen) atoms. The molecule has 0 radical (unpaired) electrons. The zero-order chi connectivity index (χ0) is 15.2. The minimum atomic E-state index is -0.223. The van der Waals surface area contributed by atoms with E-state index in [1.54, 1.807) is 7.11 Å². The molecule has 0 bridgehead atoms. The van der Waals surface area contributed by atoms with Crippen LogP contribution in [0.15, 0.2) is 24.3 Å². The summed E-state index contributed by atoms with van der Waals surface area (Å²) in [6.45, 7) is 8.51. The minimum absolute atomic E-state index is 0.00252. The molecule has 0 saturated heterocycles. The Morgan fingerprint density at radius 2 is 1.90 bits per heavy atom. The summed E-state index contributed by atoms with van der Waals surface area (Å²) in [4.78, 5) is 0. The molecule has 1 N–H and O–H groups in total. The van der Waals surface area contributed by atoms with Crippen LogP contribution in [0.3, 0.4) is 0 Å². The summed E-state index contributed by atoms with van der Waals surface area (Å²) < 4.78 is 5.24. The van der Waals surface area contributed by atoms with Crippen LogP contribution in [0.4, 0.5) is 0 Å². The number of aryl methyl sites for hydroxylation is 1. The lowest BCUT2D eigenvalue weighted by atomic mass is 9.77. The molecule has 0 heterocycles. The second-order valence-electron chi connectivity index (χ2n) is 6.74. The first-order valence-electron chi connectivity index (χ1n) is 7.68. The fourth-order valence-corrected chi connectivity index (χ4v) is 2.79. The van der Waals surface area contributed by atoms with Gasteiger partial charge in [0.15, 0.2) is 0 Å². The van der Waals surface area contributed by atoms with Gasteiger partial charge in [-0.05, 0) is 48.3 Å². The number of aliphatic hydroxyl groups is 1. The normalized spacial score (nSPS) is 13.6. The van der Waals surface area contributed by atoms with Crippen LogP contribution >= 0.6 is 0 Å². The maximum absolute atomic E-state index is 10.2. The van der Waals surface area contributed by atoms with Crippen LogP contribution in [-0.2, 0) is 6.42 Å². The molecule has 2 nitrogen and oxygen atoms in total. The molecule has 0 aromatic heterocycles. The quantitative estimate of drug-likeness (QED) is 0.712. The fraction of sp³-hybridized carbons (Fsp3) is 0.667. The van der Waals surface area contributed by atoms with Crippen LogP contribution in [0.25, 0.3) is 0 Å². The van der Waals surface area contributed by atoms with Gasteiger partial charge in [0.1, 0.15) is 5.75 Å². The van der Waals surface area contributed by atoms with Gasteiger partial charge in [-0.2, -0.15) is 0 Å². The molecule has 0 fully saturated rings. The molecule has 0 aliphatic heterocycles. The van der Waals surface area contributed by atoms with Gasteiger partial charge >= 0.3 is 0 Å². The lowest BCUT2D eigenvalue weighted by molar-refractivity contribution is 0.00668. The Balaban J connectivity index is 2.37. The lowest BCUT2D eigenvalue weighted by Crippen LogP contribution is -2.33. The van der Waals surface area contributed by atoms with Crippen molar-refractivity contribution in [3.8, 4) is 5.75 Å². The molecular weight excluding hydrogens is 248 g/mol. The molecule has 0 aliphatic carbocycles. The molecule has 2 heteroatoms. The molecule has 0 aliphatic rings. The van der Waals surface area contributed by atoms with Crippen LogP contribution in [0, 0.1) is 11.3 Å². The van der Waals surface area contributed by atoms with Crippen molar-refractivity contribution in [1.29, 1.82) is 0 Å². The van der Waals surface area contributed by atoms with Crippen LogP contribution < -0.4 is 4.74 Å². The Hall–Kier alpha value is -1.02. The molecule has 1 atom stereocenters. The first-order chi connectivity index (χ1) is 9.36. The van der Waals surface area contributed by atoms with Crippen molar-refractivity contribution in [3.63, 3.8) is 0 Å². The third-order valence-electron chi connectivity index (χ3n) is 4.10. The molecule has 1 unspecified atom stereocenters. The highest BCUT2D eigenvalue weighted by molar-refractivity contribution is 5.28. The van der Waals surface area contributed by atoms with Crippen LogP contribution in [0.5, 0.6) is 5.75 Å². The van der Waals surface area contributed by atoms with Gasteiger partial charge in [-0.15, -0.1) is 0 Å². The zero-order valence-electron chi connectivity index (χ0n) is 13.6. The van der Waals surface area contributed by atoms with Gasteiger partial charge in [0, 0.05) is 0 Å². The van der Waals surface area contributed by atoms with E-state index < -0.39 is 0 Å². The van der Waals surface area contributed by atoms with Crippen molar-refractivity contribution in [1.82, 2.24) is 0 Å². The highest BCUT2D eigenvalue weighted by Crippen LogP contribution is 2.31. The molecule has 0 amide bonds. The summed E-state index contributed by atoms with van der Waals surface area (Å²) in [5.74, 6) is 1.25. The Morgan fingerprint density at radius 3 is 2.50 bits per heavy atom. The second-order valence-corrected chi connectivity index (χ2v) is 6.74. The number of hydrogen-bond donors (Lipinski definition) is 1. The predicted octanol–water partition coefficient (Wildman–Crippen LogP) is 4.45. The summed E-state index contributed by atoms with van der Waals surface area (Å²) in [6, 6.07) is 8.27. The van der Waals surface area contributed by atoms with Gasteiger partial charge in [0.2, 0.25) is 0 Å². The lowest BCUT2D eigenvalue weighted by Gasteiger charge is -2.33. The van der Waals surface area contributed by atoms with E-state index in [0.717, 1.165) is 31.4 Å². The van der Waals surface area contributed by atoms with Crippen LogP contribution in [-0.4, -0.2) is 18.3 Å². The maximum atomic E-state index is 10.2. The van der Waals surface area contributed by atoms with E-state index >= 15 is 0 Å². The molecular formula is C18H30O2. The summed E-state index contributed by atoms with van der Waals surface area (Å²) in [6.07, 6.45) is 4.22. The molecule has 1 rings (SSSR count). The molecule has 0 saturated carbocycles. The average molecular weight is 278 g/mol. The van der Waals surface area contributed by atoms with Gasteiger partial charge in [-0.3, -0.25) is 0 Å². The fourth-order valence-electron chi connectivity index (χ4n) is 2.79. The monoisotopic (exact) mass is 278 g/mol. The van der Waals surface area contributed by atoms with Crippen LogP contribution in [0.2, 0.25) is 0 Å². The Bertz CT molecular complexity index is 396. The van der Waals surface area contributed by atoms with Gasteiger partial charge in [-0.1, -0.05) is 46.2 Å². The van der Waals surface area contributed by atoms with E-state index in [1.807, 2.05) is 12.1 Å². The van der Waals surface area contributed by atoms with Crippen molar-refractivity contribution < 1.29 is 9.84 Å². The number of rotatable bonds is 8. The number of methoxy groups -OCH3 is 1. The predicted molar refractivity (Wildman–Crippen MR) is 85.2 cm³/mol. The Kier molecular flexibility index (Phi) is 6.54. The van der Waals surface area contributed by atoms with Gasteiger partial charge in [0.25, 0.3) is 0 Å². The first kappa shape index (κ1) is 17.0. The van der Waals surface area contributed by atoms with E-state index in [4.69, 9.17) is 4.74 Å². The van der Waals surface area contributed by atoms with E-state index in [0.29, 0.717) is 5.92 Å². The van der Waals surface area contributed by atoms with E-state index in [-0.39, 0.29) is 11.5 Å². The van der Waals surface area contributed by atoms with Crippen molar-refractivity contribution >= 4 is 0 Å². The minimum Gasteiger partial charge on any atom is -0.497 e. The highest BCUT2D eigenvalue weighted by atomic mass is 16.5. The van der Waals surface area contributed by atoms with E-state index in [2.05, 4.69) is 39.8 Å². The Morgan fingerprint density at radius 1 is 1.20 bits per heavy atom. The summed E-state index contributed by atoms with van der Waals surface area (Å²) in [7, 11) is 1.70. The molecule has 1 aromatic carbocycles. The van der Waals surface area contributed by atoms with E-state index in [1.165, 1.54) is 5.56 Å². The molecule has 1 aromatic rings. The maximum Gasteiger partial charge on any atom is 0.119 e. The van der Waals surface area contributed by atoms with Crippen LogP contribution in [0.1, 0.15) is 52.5 Å². The summed E-state index contributed by atoms with van der Waals surface area (Å²) in [5.41, 5.74) is 1.33. The van der Waals surface area contributed by atoms with Crippen molar-refractivity contribution in [2.24, 2.45) is 11.3 Å². The zero-order valence-corrected chi connectivity index (χ0v) is 13.6. The first-order valence-corrected chi connectivity index (χ1v) is 7.68. The number of hydrogen-bond acceptors (Lipinski definition) is 2. The van der Waals surface area contributed by atoms with Gasteiger partial charge < -0.3 is 9.84 Å². The van der Waals surface area contributed by atoms with Gasteiger partial charge in [-0.25, -0.2) is 0 Å². The summed E-state index contributed by atoms with van der Waals surface area (Å²) >= 11 is 0. The molecule has 0 spiro atoms. The standard InChI is InChI=1S/C18H30O2/c1-14(2)17(19)18(3,4)12-7-6-9-15-10-8-11-16(13-15)20-5/h8,10-11,13-14,17,19H,6-7,9,12H2,1-5H3. The third kappa shape index (κ3) is 5.16. The highest BCUT2D eigenvalue weighted by Gasteiger charge is 2.29.